The Hall–Kier alpha value is -2.57. The van der Waals surface area contributed by atoms with Crippen LogP contribution in [-0.2, 0) is 18.8 Å². The molecule has 2 aromatic carbocycles. The third-order valence-electron chi connectivity index (χ3n) is 3.76. The minimum absolute atomic E-state index is 0.0692. The van der Waals surface area contributed by atoms with Gasteiger partial charge in [-0.25, -0.2) is 0 Å². The van der Waals surface area contributed by atoms with Crippen LogP contribution in [-0.4, -0.2) is 4.98 Å². The smallest absolute Gasteiger partial charge is 0.256 e. The molecule has 0 fully saturated rings. The average molecular weight is 355 g/mol. The van der Waals surface area contributed by atoms with E-state index in [-0.39, 0.29) is 18.1 Å². The number of hydrogen-bond acceptors (Lipinski definition) is 1. The van der Waals surface area contributed by atoms with E-state index in [1.807, 2.05) is 0 Å². The van der Waals surface area contributed by atoms with Gasteiger partial charge in [-0.2, -0.15) is 26.3 Å². The summed E-state index contributed by atoms with van der Waals surface area (Å²) in [6.07, 6.45) is -8.26. The van der Waals surface area contributed by atoms with Gasteiger partial charge in [0.05, 0.1) is 16.6 Å². The second-order valence-electron chi connectivity index (χ2n) is 5.58. The summed E-state index contributed by atoms with van der Waals surface area (Å²) in [5.41, 5.74) is -1.59. The lowest BCUT2D eigenvalue weighted by Gasteiger charge is -2.14. The summed E-state index contributed by atoms with van der Waals surface area (Å²) in [4.78, 5) is 4.18. The second-order valence-corrected chi connectivity index (χ2v) is 5.58. The van der Waals surface area contributed by atoms with Gasteiger partial charge in [0.15, 0.2) is 0 Å². The lowest BCUT2D eigenvalue weighted by atomic mass is 9.97. The van der Waals surface area contributed by atoms with Crippen molar-refractivity contribution in [3.8, 4) is 0 Å². The number of benzene rings is 2. The van der Waals surface area contributed by atoms with Crippen LogP contribution in [0.2, 0.25) is 0 Å². The van der Waals surface area contributed by atoms with Crippen LogP contribution < -0.4 is 0 Å². The maximum absolute atomic E-state index is 12.9. The van der Waals surface area contributed by atoms with E-state index in [0.717, 1.165) is 17.5 Å². The van der Waals surface area contributed by atoms with Gasteiger partial charge in [0.25, 0.3) is 0 Å². The van der Waals surface area contributed by atoms with E-state index in [1.165, 1.54) is 6.20 Å². The quantitative estimate of drug-likeness (QED) is 0.525. The topological polar surface area (TPSA) is 12.9 Å². The Balaban J connectivity index is 2.10. The van der Waals surface area contributed by atoms with E-state index in [1.54, 1.807) is 30.3 Å². The summed E-state index contributed by atoms with van der Waals surface area (Å²) in [5.74, 6) is 0. The first kappa shape index (κ1) is 17.3. The number of rotatable bonds is 2. The predicted molar refractivity (Wildman–Crippen MR) is 81.0 cm³/mol. The van der Waals surface area contributed by atoms with Crippen LogP contribution in [0.4, 0.5) is 26.3 Å². The third-order valence-corrected chi connectivity index (χ3v) is 3.76. The van der Waals surface area contributed by atoms with Crippen molar-refractivity contribution >= 4 is 10.9 Å². The summed E-state index contributed by atoms with van der Waals surface area (Å²) in [6.45, 7) is 0. The molecule has 0 atom stereocenters. The highest BCUT2D eigenvalue weighted by molar-refractivity contribution is 5.81. The van der Waals surface area contributed by atoms with Crippen LogP contribution in [0, 0.1) is 0 Å². The number of pyridine rings is 1. The number of alkyl halides is 6. The molecular formula is C18H11F6N. The zero-order valence-electron chi connectivity index (χ0n) is 12.6. The highest BCUT2D eigenvalue weighted by Gasteiger charge is 2.36. The van der Waals surface area contributed by atoms with Crippen molar-refractivity contribution in [2.24, 2.45) is 0 Å². The minimum Gasteiger partial charge on any atom is -0.256 e. The van der Waals surface area contributed by atoms with Crippen LogP contribution >= 0.6 is 0 Å². The van der Waals surface area contributed by atoms with Crippen LogP contribution in [0.25, 0.3) is 10.9 Å². The van der Waals surface area contributed by atoms with Crippen molar-refractivity contribution < 1.29 is 26.3 Å². The molecular weight excluding hydrogens is 344 g/mol. The summed E-state index contributed by atoms with van der Waals surface area (Å²) in [7, 11) is 0. The molecule has 3 rings (SSSR count). The first-order chi connectivity index (χ1) is 11.6. The Morgan fingerprint density at radius 3 is 1.96 bits per heavy atom. The fraction of sp³-hybridized carbons (Fsp3) is 0.167. The van der Waals surface area contributed by atoms with Crippen LogP contribution in [0.3, 0.4) is 0 Å². The molecule has 1 heterocycles. The molecule has 3 aromatic rings. The Morgan fingerprint density at radius 1 is 0.760 bits per heavy atom. The van der Waals surface area contributed by atoms with Crippen LogP contribution in [0.15, 0.2) is 54.7 Å². The highest BCUT2D eigenvalue weighted by Crippen LogP contribution is 2.37. The molecule has 0 amide bonds. The molecule has 0 N–H and O–H groups in total. The lowest BCUT2D eigenvalue weighted by Crippen LogP contribution is -2.12. The standard InChI is InChI=1S/C18H11F6N/c19-17(20,21)14-8-11(9-15(10-14)18(22,23)24)7-13-4-1-3-12-5-2-6-25-16(12)13/h1-6,8-10H,7H2. The summed E-state index contributed by atoms with van der Waals surface area (Å²) in [5, 5.41) is 0.767. The maximum atomic E-state index is 12.9. The monoisotopic (exact) mass is 355 g/mol. The van der Waals surface area contributed by atoms with Crippen LogP contribution in [0.1, 0.15) is 22.3 Å². The van der Waals surface area contributed by atoms with Crippen molar-refractivity contribution in [2.75, 3.05) is 0 Å². The van der Waals surface area contributed by atoms with E-state index >= 15 is 0 Å². The summed E-state index contributed by atoms with van der Waals surface area (Å²) < 4.78 is 77.7. The van der Waals surface area contributed by atoms with Crippen molar-refractivity contribution in [3.63, 3.8) is 0 Å². The van der Waals surface area contributed by atoms with Gasteiger partial charge in [0.1, 0.15) is 0 Å². The zero-order valence-corrected chi connectivity index (χ0v) is 12.6. The molecule has 130 valence electrons. The van der Waals surface area contributed by atoms with E-state index in [9.17, 15) is 26.3 Å². The van der Waals surface area contributed by atoms with Gasteiger partial charge in [-0.3, -0.25) is 4.98 Å². The molecule has 25 heavy (non-hydrogen) atoms. The Kier molecular flexibility index (Phi) is 4.18. The number of para-hydroxylation sites is 1. The van der Waals surface area contributed by atoms with E-state index < -0.39 is 23.5 Å². The molecule has 1 aromatic heterocycles. The molecule has 7 heteroatoms. The van der Waals surface area contributed by atoms with E-state index in [0.29, 0.717) is 11.1 Å². The lowest BCUT2D eigenvalue weighted by molar-refractivity contribution is -0.143. The normalized spacial score (nSPS) is 12.6. The SMILES string of the molecule is FC(F)(F)c1cc(Cc2cccc3cccnc23)cc(C(F)(F)F)c1. The van der Waals surface area contributed by atoms with Gasteiger partial charge >= 0.3 is 12.4 Å². The molecule has 0 aliphatic carbocycles. The Bertz CT molecular complexity index is 874. The van der Waals surface area contributed by atoms with Gasteiger partial charge in [-0.15, -0.1) is 0 Å². The zero-order chi connectivity index (χ0) is 18.2. The number of aromatic nitrogens is 1. The second kappa shape index (κ2) is 6.06. The van der Waals surface area contributed by atoms with Gasteiger partial charge < -0.3 is 0 Å². The van der Waals surface area contributed by atoms with Crippen molar-refractivity contribution in [3.05, 3.63) is 77.0 Å². The van der Waals surface area contributed by atoms with E-state index in [4.69, 9.17) is 0 Å². The molecule has 0 unspecified atom stereocenters. The molecule has 0 aliphatic rings. The van der Waals surface area contributed by atoms with Gasteiger partial charge in [0.2, 0.25) is 0 Å². The first-order valence-electron chi connectivity index (χ1n) is 7.25. The molecule has 0 radical (unpaired) electrons. The van der Waals surface area contributed by atoms with Gasteiger partial charge in [-0.05, 0) is 41.8 Å². The fourth-order valence-electron chi connectivity index (χ4n) is 2.65. The number of nitrogens with zero attached hydrogens (tertiary/aromatic N) is 1. The van der Waals surface area contributed by atoms with Gasteiger partial charge in [-0.1, -0.05) is 24.3 Å². The molecule has 0 saturated carbocycles. The number of halogens is 6. The molecule has 1 nitrogen and oxygen atoms in total. The Labute approximate surface area is 138 Å². The van der Waals surface area contributed by atoms with E-state index in [2.05, 4.69) is 4.98 Å². The molecule has 0 spiro atoms. The predicted octanol–water partition coefficient (Wildman–Crippen LogP) is 5.86. The minimum atomic E-state index is -4.85. The molecule has 0 bridgehead atoms. The maximum Gasteiger partial charge on any atom is 0.416 e. The third kappa shape index (κ3) is 3.75. The fourth-order valence-corrected chi connectivity index (χ4v) is 2.65. The highest BCUT2D eigenvalue weighted by atomic mass is 19.4. The number of fused-ring (bicyclic) bond motifs is 1. The average Bonchev–Trinajstić information content (AvgIpc) is 2.53. The van der Waals surface area contributed by atoms with Gasteiger partial charge in [0, 0.05) is 11.6 Å². The summed E-state index contributed by atoms with van der Waals surface area (Å²) >= 11 is 0. The first-order valence-corrected chi connectivity index (χ1v) is 7.25. The number of hydrogen-bond donors (Lipinski definition) is 0. The van der Waals surface area contributed by atoms with Crippen molar-refractivity contribution in [2.45, 2.75) is 18.8 Å². The van der Waals surface area contributed by atoms with Crippen molar-refractivity contribution in [1.82, 2.24) is 4.98 Å². The molecule has 0 aliphatic heterocycles. The van der Waals surface area contributed by atoms with Crippen LogP contribution in [0.5, 0.6) is 0 Å². The summed E-state index contributed by atoms with van der Waals surface area (Å²) in [6, 6.07) is 10.2. The largest absolute Gasteiger partial charge is 0.416 e. The van der Waals surface area contributed by atoms with Crippen molar-refractivity contribution in [1.29, 1.82) is 0 Å². The molecule has 0 saturated heterocycles. The Morgan fingerprint density at radius 2 is 1.36 bits per heavy atom.